The minimum absolute atomic E-state index is 0.499. The molecule has 53 valence electrons. The van der Waals surface area contributed by atoms with Crippen LogP contribution in [0, 0.1) is 0 Å². The number of likely N-dealkylation sites (N-methyl/N-ethyl adjacent to an activating group) is 1. The maximum Gasteiger partial charge on any atom is 0.112 e. The van der Waals surface area contributed by atoms with Gasteiger partial charge in [0, 0.05) is 12.6 Å². The molecule has 0 aromatic rings. The van der Waals surface area contributed by atoms with Crippen LogP contribution < -0.4 is 5.32 Å². The van der Waals surface area contributed by atoms with E-state index in [1.54, 1.807) is 0 Å². The summed E-state index contributed by atoms with van der Waals surface area (Å²) in [5.41, 5.74) is 0. The van der Waals surface area contributed by atoms with Crippen LogP contribution in [0.2, 0.25) is 0 Å². The molecule has 0 saturated carbocycles. The largest absolute Gasteiger partial charge is 0.363 e. The van der Waals surface area contributed by atoms with Crippen LogP contribution in [0.1, 0.15) is 0 Å². The van der Waals surface area contributed by atoms with E-state index in [0.29, 0.717) is 12.8 Å². The SMILES string of the molecule is CN(C)C1C[N]COC1. The van der Waals surface area contributed by atoms with Crippen LogP contribution in [0.15, 0.2) is 0 Å². The summed E-state index contributed by atoms with van der Waals surface area (Å²) in [6.07, 6.45) is 0. The highest BCUT2D eigenvalue weighted by Gasteiger charge is 2.14. The molecule has 1 rings (SSSR count). The maximum absolute atomic E-state index is 5.14. The van der Waals surface area contributed by atoms with Gasteiger partial charge in [-0.25, -0.2) is 5.32 Å². The Kier molecular flexibility index (Phi) is 2.45. The van der Waals surface area contributed by atoms with Gasteiger partial charge in [0.15, 0.2) is 0 Å². The molecule has 1 fully saturated rings. The molecule has 0 amide bonds. The fraction of sp³-hybridized carbons (Fsp3) is 1.00. The summed E-state index contributed by atoms with van der Waals surface area (Å²) in [4.78, 5) is 2.14. The van der Waals surface area contributed by atoms with Crippen LogP contribution in [-0.2, 0) is 4.74 Å². The standard InChI is InChI=1S/C6H13N2O/c1-8(2)6-3-7-5-9-4-6/h6H,3-5H2,1-2H3. The van der Waals surface area contributed by atoms with Crippen molar-refractivity contribution in [2.75, 3.05) is 34.0 Å². The second-order valence-electron chi connectivity index (χ2n) is 2.52. The monoisotopic (exact) mass is 129 g/mol. The molecule has 1 heterocycles. The molecular weight excluding hydrogens is 116 g/mol. The van der Waals surface area contributed by atoms with E-state index in [2.05, 4.69) is 24.3 Å². The van der Waals surface area contributed by atoms with Crippen molar-refractivity contribution in [1.82, 2.24) is 10.2 Å². The smallest absolute Gasteiger partial charge is 0.112 e. The molecule has 0 aromatic heterocycles. The Morgan fingerprint density at radius 3 is 2.67 bits per heavy atom. The second kappa shape index (κ2) is 3.15. The summed E-state index contributed by atoms with van der Waals surface area (Å²) in [5, 5.41) is 4.12. The Bertz CT molecular complexity index is 79.1. The Morgan fingerprint density at radius 1 is 1.56 bits per heavy atom. The lowest BCUT2D eigenvalue weighted by molar-refractivity contribution is 0.0270. The van der Waals surface area contributed by atoms with Gasteiger partial charge in [0.25, 0.3) is 0 Å². The highest BCUT2D eigenvalue weighted by atomic mass is 16.5. The van der Waals surface area contributed by atoms with E-state index in [-0.39, 0.29) is 0 Å². The third-order valence-electron chi connectivity index (χ3n) is 1.56. The average Bonchev–Trinajstić information content (AvgIpc) is 1.90. The topological polar surface area (TPSA) is 26.6 Å². The van der Waals surface area contributed by atoms with Crippen LogP contribution >= 0.6 is 0 Å². The lowest BCUT2D eigenvalue weighted by atomic mass is 10.3. The predicted octanol–water partition coefficient (Wildman–Crippen LogP) is -0.491. The normalized spacial score (nSPS) is 29.0. The number of hydrogen-bond donors (Lipinski definition) is 0. The zero-order valence-corrected chi connectivity index (χ0v) is 6.00. The number of nitrogens with zero attached hydrogens (tertiary/aromatic N) is 2. The minimum atomic E-state index is 0.499. The van der Waals surface area contributed by atoms with Crippen LogP contribution in [-0.4, -0.2) is 44.9 Å². The molecule has 3 heteroatoms. The van der Waals surface area contributed by atoms with Gasteiger partial charge in [0.05, 0.1) is 6.61 Å². The van der Waals surface area contributed by atoms with Crippen LogP contribution in [0.3, 0.4) is 0 Å². The Balaban J connectivity index is 2.23. The highest BCUT2D eigenvalue weighted by Crippen LogP contribution is 1.97. The van der Waals surface area contributed by atoms with Gasteiger partial charge in [-0.2, -0.15) is 0 Å². The summed E-state index contributed by atoms with van der Waals surface area (Å²) in [6, 6.07) is 0.499. The molecule has 1 saturated heterocycles. The van der Waals surface area contributed by atoms with E-state index in [1.807, 2.05) is 0 Å². The summed E-state index contributed by atoms with van der Waals surface area (Å²) in [6.45, 7) is 2.34. The first-order valence-electron chi connectivity index (χ1n) is 3.18. The van der Waals surface area contributed by atoms with Crippen LogP contribution in [0.4, 0.5) is 0 Å². The van der Waals surface area contributed by atoms with Gasteiger partial charge in [-0.05, 0) is 14.1 Å². The van der Waals surface area contributed by atoms with Gasteiger partial charge in [-0.15, -0.1) is 0 Å². The first-order chi connectivity index (χ1) is 4.30. The lowest BCUT2D eigenvalue weighted by Gasteiger charge is -2.27. The molecule has 3 nitrogen and oxygen atoms in total. The average molecular weight is 129 g/mol. The fourth-order valence-electron chi connectivity index (χ4n) is 0.820. The minimum Gasteiger partial charge on any atom is -0.363 e. The van der Waals surface area contributed by atoms with Crippen molar-refractivity contribution < 1.29 is 4.74 Å². The van der Waals surface area contributed by atoms with E-state index < -0.39 is 0 Å². The molecule has 0 bridgehead atoms. The van der Waals surface area contributed by atoms with Crippen molar-refractivity contribution in [3.8, 4) is 0 Å². The summed E-state index contributed by atoms with van der Waals surface area (Å²) < 4.78 is 5.14. The maximum atomic E-state index is 5.14. The van der Waals surface area contributed by atoms with Gasteiger partial charge in [0.1, 0.15) is 6.73 Å². The number of ether oxygens (including phenoxy) is 1. The van der Waals surface area contributed by atoms with E-state index in [9.17, 15) is 0 Å². The van der Waals surface area contributed by atoms with Crippen LogP contribution in [0.5, 0.6) is 0 Å². The predicted molar refractivity (Wildman–Crippen MR) is 35.3 cm³/mol. The van der Waals surface area contributed by atoms with Gasteiger partial charge in [-0.3, -0.25) is 0 Å². The molecule has 1 aliphatic heterocycles. The van der Waals surface area contributed by atoms with E-state index in [0.717, 1.165) is 13.2 Å². The molecule has 0 spiro atoms. The zero-order chi connectivity index (χ0) is 6.69. The molecule has 0 aromatic carbocycles. The summed E-state index contributed by atoms with van der Waals surface area (Å²) >= 11 is 0. The van der Waals surface area contributed by atoms with E-state index in [1.165, 1.54) is 0 Å². The van der Waals surface area contributed by atoms with Crippen molar-refractivity contribution in [3.63, 3.8) is 0 Å². The molecule has 1 aliphatic rings. The van der Waals surface area contributed by atoms with Crippen molar-refractivity contribution in [2.45, 2.75) is 6.04 Å². The van der Waals surface area contributed by atoms with Gasteiger partial charge in [-0.1, -0.05) is 0 Å². The Morgan fingerprint density at radius 2 is 2.33 bits per heavy atom. The van der Waals surface area contributed by atoms with E-state index in [4.69, 9.17) is 4.74 Å². The first-order valence-corrected chi connectivity index (χ1v) is 3.18. The lowest BCUT2D eigenvalue weighted by Crippen LogP contribution is -2.43. The fourth-order valence-corrected chi connectivity index (χ4v) is 0.820. The molecule has 0 aliphatic carbocycles. The van der Waals surface area contributed by atoms with Crippen molar-refractivity contribution in [1.29, 1.82) is 0 Å². The third kappa shape index (κ3) is 1.93. The molecule has 1 atom stereocenters. The van der Waals surface area contributed by atoms with Crippen molar-refractivity contribution >= 4 is 0 Å². The first kappa shape index (κ1) is 6.99. The van der Waals surface area contributed by atoms with Gasteiger partial charge in [0.2, 0.25) is 0 Å². The summed E-state index contributed by atoms with van der Waals surface area (Å²) in [7, 11) is 4.10. The van der Waals surface area contributed by atoms with Crippen molar-refractivity contribution in [2.24, 2.45) is 0 Å². The molecular formula is C6H13N2O. The Labute approximate surface area is 56.0 Å². The molecule has 0 N–H and O–H groups in total. The van der Waals surface area contributed by atoms with Gasteiger partial charge >= 0.3 is 0 Å². The van der Waals surface area contributed by atoms with Gasteiger partial charge < -0.3 is 9.64 Å². The quantitative estimate of drug-likeness (QED) is 0.477. The summed E-state index contributed by atoms with van der Waals surface area (Å²) in [5.74, 6) is 0. The van der Waals surface area contributed by atoms with E-state index >= 15 is 0 Å². The second-order valence-corrected chi connectivity index (χ2v) is 2.52. The van der Waals surface area contributed by atoms with Crippen LogP contribution in [0.25, 0.3) is 0 Å². The molecule has 1 unspecified atom stereocenters. The highest BCUT2D eigenvalue weighted by molar-refractivity contribution is 4.69. The third-order valence-corrected chi connectivity index (χ3v) is 1.56. The van der Waals surface area contributed by atoms with Crippen molar-refractivity contribution in [3.05, 3.63) is 0 Å². The molecule has 9 heavy (non-hydrogen) atoms. The Hall–Kier alpha value is -0.120. The molecule has 1 radical (unpaired) electrons. The number of hydrogen-bond acceptors (Lipinski definition) is 2. The zero-order valence-electron chi connectivity index (χ0n) is 6.00. The number of rotatable bonds is 1.